The Balaban J connectivity index is 2.29. The molecule has 0 bridgehead atoms. The minimum atomic E-state index is -0.984. The zero-order valence-corrected chi connectivity index (χ0v) is 16.9. The van der Waals surface area contributed by atoms with Crippen molar-refractivity contribution in [3.05, 3.63) is 65.6 Å². The average Bonchev–Trinajstić information content (AvgIpc) is 2.93. The fourth-order valence-corrected chi connectivity index (χ4v) is 4.38. The van der Waals surface area contributed by atoms with E-state index in [4.69, 9.17) is 11.6 Å². The Morgan fingerprint density at radius 2 is 1.93 bits per heavy atom. The van der Waals surface area contributed by atoms with E-state index in [1.54, 1.807) is 19.9 Å². The molecule has 0 aliphatic carbocycles. The van der Waals surface area contributed by atoms with E-state index >= 15 is 0 Å². The quantitative estimate of drug-likeness (QED) is 0.407. The van der Waals surface area contributed by atoms with Crippen LogP contribution in [0.15, 0.2) is 53.4 Å². The van der Waals surface area contributed by atoms with Gasteiger partial charge in [-0.15, -0.1) is 11.8 Å². The summed E-state index contributed by atoms with van der Waals surface area (Å²) in [6.07, 6.45) is 2.19. The Morgan fingerprint density at radius 1 is 1.26 bits per heavy atom. The lowest BCUT2D eigenvalue weighted by molar-refractivity contribution is -0.146. The molecule has 27 heavy (non-hydrogen) atoms. The maximum absolute atomic E-state index is 13.9. The van der Waals surface area contributed by atoms with Gasteiger partial charge in [-0.3, -0.25) is 4.79 Å². The lowest BCUT2D eigenvalue weighted by Gasteiger charge is -2.24. The van der Waals surface area contributed by atoms with Crippen LogP contribution in [0.4, 0.5) is 4.39 Å². The number of nitrogens with zero attached hydrogens (tertiary/aromatic N) is 1. The smallest absolute Gasteiger partial charge is 0.309 e. The number of rotatable bonds is 6. The van der Waals surface area contributed by atoms with Gasteiger partial charge in [0.05, 0.1) is 10.9 Å². The molecule has 0 amide bonds. The number of benzene rings is 2. The number of carboxylic acid groups (broad SMARTS) is 1. The Labute approximate surface area is 167 Å². The second-order valence-corrected chi connectivity index (χ2v) is 8.35. The SMILES string of the molecule is CSc1c(CC(C)(C)C(=O)O)n(C(Cl)c2ccccc2)c2ccc(F)cc12. The molecular weight excluding hydrogens is 385 g/mol. The molecule has 1 heterocycles. The van der Waals surface area contributed by atoms with Crippen LogP contribution in [-0.4, -0.2) is 21.9 Å². The largest absolute Gasteiger partial charge is 0.481 e. The van der Waals surface area contributed by atoms with Crippen molar-refractivity contribution in [2.45, 2.75) is 30.7 Å². The first kappa shape index (κ1) is 19.8. The van der Waals surface area contributed by atoms with E-state index in [0.717, 1.165) is 27.1 Å². The molecular formula is C21H21ClFNO2S. The highest BCUT2D eigenvalue weighted by atomic mass is 35.5. The highest BCUT2D eigenvalue weighted by Crippen LogP contribution is 2.41. The van der Waals surface area contributed by atoms with Crippen molar-refractivity contribution in [3.63, 3.8) is 0 Å². The Bertz CT molecular complexity index is 985. The Hall–Kier alpha value is -1.98. The molecule has 6 heteroatoms. The molecule has 0 saturated heterocycles. The number of aromatic nitrogens is 1. The summed E-state index contributed by atoms with van der Waals surface area (Å²) in [6, 6.07) is 14.2. The molecule has 2 aromatic carbocycles. The number of aliphatic carboxylic acids is 1. The first-order valence-corrected chi connectivity index (χ1v) is 10.2. The van der Waals surface area contributed by atoms with Gasteiger partial charge in [-0.25, -0.2) is 4.39 Å². The van der Waals surface area contributed by atoms with Gasteiger partial charge in [-0.05, 0) is 43.9 Å². The van der Waals surface area contributed by atoms with Crippen molar-refractivity contribution in [2.24, 2.45) is 5.41 Å². The zero-order valence-electron chi connectivity index (χ0n) is 15.4. The maximum Gasteiger partial charge on any atom is 0.309 e. The van der Waals surface area contributed by atoms with Crippen molar-refractivity contribution in [2.75, 3.05) is 6.26 Å². The first-order chi connectivity index (χ1) is 12.8. The molecule has 0 saturated carbocycles. The molecule has 3 nitrogen and oxygen atoms in total. The van der Waals surface area contributed by atoms with Crippen LogP contribution >= 0.6 is 23.4 Å². The number of fused-ring (bicyclic) bond motifs is 1. The highest BCUT2D eigenvalue weighted by Gasteiger charge is 2.32. The maximum atomic E-state index is 13.9. The van der Waals surface area contributed by atoms with Crippen LogP contribution in [0, 0.1) is 11.2 Å². The number of hydrogen-bond donors (Lipinski definition) is 1. The molecule has 3 aromatic rings. The molecule has 0 spiro atoms. The normalized spacial score (nSPS) is 13.1. The lowest BCUT2D eigenvalue weighted by Crippen LogP contribution is -2.28. The van der Waals surface area contributed by atoms with Gasteiger partial charge in [-0.1, -0.05) is 41.9 Å². The van der Waals surface area contributed by atoms with E-state index < -0.39 is 16.9 Å². The summed E-state index contributed by atoms with van der Waals surface area (Å²) in [6.45, 7) is 3.38. The summed E-state index contributed by atoms with van der Waals surface area (Å²) in [4.78, 5) is 12.6. The Morgan fingerprint density at radius 3 is 2.52 bits per heavy atom. The van der Waals surface area contributed by atoms with Gasteiger partial charge in [0, 0.05) is 22.4 Å². The summed E-state index contributed by atoms with van der Waals surface area (Å²) in [5, 5.41) is 10.4. The zero-order chi connectivity index (χ0) is 19.8. The van der Waals surface area contributed by atoms with Gasteiger partial charge in [0.1, 0.15) is 11.3 Å². The molecule has 0 radical (unpaired) electrons. The van der Waals surface area contributed by atoms with Crippen molar-refractivity contribution in [3.8, 4) is 0 Å². The van der Waals surface area contributed by atoms with E-state index in [2.05, 4.69) is 0 Å². The standard InChI is InChI=1S/C21H21ClFNO2S/c1-21(2,20(25)26)12-17-18(27-3)15-11-14(23)9-10-16(15)24(17)19(22)13-7-5-4-6-8-13/h4-11,19H,12H2,1-3H3,(H,25,26). The van der Waals surface area contributed by atoms with Crippen LogP contribution in [0.5, 0.6) is 0 Å². The number of halogens is 2. The van der Waals surface area contributed by atoms with E-state index in [-0.39, 0.29) is 12.2 Å². The third-order valence-electron chi connectivity index (χ3n) is 4.71. The van der Waals surface area contributed by atoms with Gasteiger partial charge in [0.15, 0.2) is 0 Å². The summed E-state index contributed by atoms with van der Waals surface area (Å²) < 4.78 is 15.9. The van der Waals surface area contributed by atoms with Gasteiger partial charge in [-0.2, -0.15) is 0 Å². The molecule has 1 atom stereocenters. The molecule has 3 rings (SSSR count). The summed E-state index contributed by atoms with van der Waals surface area (Å²) in [5.41, 5.74) is 0.977. The van der Waals surface area contributed by atoms with Crippen LogP contribution in [0.2, 0.25) is 0 Å². The van der Waals surface area contributed by atoms with Gasteiger partial charge in [0.25, 0.3) is 0 Å². The number of thioether (sulfide) groups is 1. The minimum Gasteiger partial charge on any atom is -0.481 e. The first-order valence-electron chi connectivity index (χ1n) is 8.55. The molecule has 0 aliphatic rings. The molecule has 0 fully saturated rings. The highest BCUT2D eigenvalue weighted by molar-refractivity contribution is 7.98. The Kier molecular flexibility index (Phi) is 5.54. The van der Waals surface area contributed by atoms with Crippen molar-refractivity contribution in [1.29, 1.82) is 0 Å². The van der Waals surface area contributed by atoms with Gasteiger partial charge in [0.2, 0.25) is 0 Å². The number of alkyl halides is 1. The van der Waals surface area contributed by atoms with E-state index in [0.29, 0.717) is 0 Å². The fraction of sp³-hybridized carbons (Fsp3) is 0.286. The van der Waals surface area contributed by atoms with Crippen LogP contribution in [0.3, 0.4) is 0 Å². The number of hydrogen-bond acceptors (Lipinski definition) is 2. The molecule has 1 aromatic heterocycles. The summed E-state index contributed by atoms with van der Waals surface area (Å²) in [5.74, 6) is -1.21. The van der Waals surface area contributed by atoms with Crippen molar-refractivity contribution >= 4 is 40.2 Å². The summed E-state index contributed by atoms with van der Waals surface area (Å²) >= 11 is 8.33. The van der Waals surface area contributed by atoms with Crippen LogP contribution < -0.4 is 0 Å². The fourth-order valence-electron chi connectivity index (χ4n) is 3.22. The molecule has 1 N–H and O–H groups in total. The number of carbonyl (C=O) groups is 1. The third kappa shape index (κ3) is 3.71. The van der Waals surface area contributed by atoms with Crippen LogP contribution in [-0.2, 0) is 11.2 Å². The van der Waals surface area contributed by atoms with E-state index in [1.807, 2.05) is 41.2 Å². The van der Waals surface area contributed by atoms with Gasteiger partial charge >= 0.3 is 5.97 Å². The van der Waals surface area contributed by atoms with Crippen molar-refractivity contribution in [1.82, 2.24) is 4.57 Å². The minimum absolute atomic E-state index is 0.283. The second-order valence-electron chi connectivity index (χ2n) is 7.12. The predicted molar refractivity (Wildman–Crippen MR) is 109 cm³/mol. The number of carboxylic acids is 1. The predicted octanol–water partition coefficient (Wildman–Crippen LogP) is 5.94. The van der Waals surface area contributed by atoms with Crippen LogP contribution in [0.25, 0.3) is 10.9 Å². The molecule has 142 valence electrons. The molecule has 1 unspecified atom stereocenters. The van der Waals surface area contributed by atoms with E-state index in [9.17, 15) is 14.3 Å². The topological polar surface area (TPSA) is 42.2 Å². The average molecular weight is 406 g/mol. The van der Waals surface area contributed by atoms with Crippen molar-refractivity contribution < 1.29 is 14.3 Å². The second kappa shape index (κ2) is 7.56. The van der Waals surface area contributed by atoms with Crippen LogP contribution in [0.1, 0.15) is 30.6 Å². The lowest BCUT2D eigenvalue weighted by atomic mass is 9.88. The summed E-state index contributed by atoms with van der Waals surface area (Å²) in [7, 11) is 0. The third-order valence-corrected chi connectivity index (χ3v) is 6.02. The molecule has 0 aliphatic heterocycles. The van der Waals surface area contributed by atoms with Gasteiger partial charge < -0.3 is 9.67 Å². The monoisotopic (exact) mass is 405 g/mol. The van der Waals surface area contributed by atoms with E-state index in [1.165, 1.54) is 23.9 Å².